The van der Waals surface area contributed by atoms with E-state index in [0.29, 0.717) is 6.04 Å². The molecule has 0 fully saturated rings. The Kier molecular flexibility index (Phi) is 4.74. The van der Waals surface area contributed by atoms with Crippen LogP contribution in [-0.4, -0.2) is 0 Å². The number of nitrogens with one attached hydrogen (secondary N) is 1. The summed E-state index contributed by atoms with van der Waals surface area (Å²) in [6.07, 6.45) is 3.42. The maximum atomic E-state index is 5.65. The molecule has 2 heterocycles. The molecule has 0 aliphatic rings. The summed E-state index contributed by atoms with van der Waals surface area (Å²) in [5, 5.41) is 4.27. The molecule has 0 bridgehead atoms. The predicted octanol–water partition coefficient (Wildman–Crippen LogP) is 3.65. The Morgan fingerprint density at radius 3 is 2.76 bits per heavy atom. The molecule has 0 radical (unpaired) electrons. The average molecular weight is 266 g/mol. The molecule has 0 spiro atoms. The second kappa shape index (κ2) is 6.31. The molecule has 1 atom stereocenters. The Hall–Kier alpha value is -0.680. The minimum absolute atomic E-state index is 0.301. The monoisotopic (exact) mass is 266 g/mol. The fraction of sp³-hybridized carbons (Fsp3) is 0.385. The Morgan fingerprint density at radius 1 is 1.29 bits per heavy atom. The van der Waals surface area contributed by atoms with Crippen LogP contribution in [0.25, 0.3) is 0 Å². The zero-order chi connectivity index (χ0) is 12.1. The SMILES string of the molecule is Cc1ccsc1C(CCCc1cccs1)NN. The minimum Gasteiger partial charge on any atom is -0.271 e. The van der Waals surface area contributed by atoms with E-state index in [2.05, 4.69) is 41.3 Å². The molecule has 4 heteroatoms. The summed E-state index contributed by atoms with van der Waals surface area (Å²) >= 11 is 3.62. The predicted molar refractivity (Wildman–Crippen MR) is 76.4 cm³/mol. The zero-order valence-corrected chi connectivity index (χ0v) is 11.6. The van der Waals surface area contributed by atoms with Crippen molar-refractivity contribution >= 4 is 22.7 Å². The van der Waals surface area contributed by atoms with Gasteiger partial charge in [-0.25, -0.2) is 0 Å². The van der Waals surface area contributed by atoms with Crippen molar-refractivity contribution in [2.75, 3.05) is 0 Å². The highest BCUT2D eigenvalue weighted by molar-refractivity contribution is 7.10. The Balaban J connectivity index is 1.86. The lowest BCUT2D eigenvalue weighted by atomic mass is 10.1. The van der Waals surface area contributed by atoms with Crippen LogP contribution in [0, 0.1) is 6.92 Å². The fourth-order valence-corrected chi connectivity index (χ4v) is 3.74. The van der Waals surface area contributed by atoms with Gasteiger partial charge in [-0.1, -0.05) is 6.07 Å². The highest BCUT2D eigenvalue weighted by Gasteiger charge is 2.13. The van der Waals surface area contributed by atoms with Crippen LogP contribution in [0.15, 0.2) is 29.0 Å². The third-order valence-corrected chi connectivity index (χ3v) is 4.98. The molecule has 17 heavy (non-hydrogen) atoms. The number of hydrogen-bond acceptors (Lipinski definition) is 4. The summed E-state index contributed by atoms with van der Waals surface area (Å²) in [5.41, 5.74) is 4.28. The first-order chi connectivity index (χ1) is 8.31. The van der Waals surface area contributed by atoms with Crippen LogP contribution >= 0.6 is 22.7 Å². The molecule has 2 aromatic heterocycles. The molecule has 0 aliphatic carbocycles. The fourth-order valence-electron chi connectivity index (χ4n) is 1.97. The number of rotatable bonds is 6. The Bertz CT molecular complexity index is 434. The van der Waals surface area contributed by atoms with Gasteiger partial charge in [0.15, 0.2) is 0 Å². The molecule has 0 saturated carbocycles. The van der Waals surface area contributed by atoms with Gasteiger partial charge < -0.3 is 0 Å². The highest BCUT2D eigenvalue weighted by atomic mass is 32.1. The molecule has 3 N–H and O–H groups in total. The lowest BCUT2D eigenvalue weighted by molar-refractivity contribution is 0.505. The largest absolute Gasteiger partial charge is 0.271 e. The quantitative estimate of drug-likeness (QED) is 0.619. The van der Waals surface area contributed by atoms with Crippen molar-refractivity contribution in [3.8, 4) is 0 Å². The van der Waals surface area contributed by atoms with E-state index in [-0.39, 0.29) is 0 Å². The van der Waals surface area contributed by atoms with Crippen LogP contribution in [0.2, 0.25) is 0 Å². The van der Waals surface area contributed by atoms with E-state index in [0.717, 1.165) is 12.8 Å². The van der Waals surface area contributed by atoms with Crippen LogP contribution in [0.3, 0.4) is 0 Å². The summed E-state index contributed by atoms with van der Waals surface area (Å²) in [4.78, 5) is 2.84. The lowest BCUT2D eigenvalue weighted by Gasteiger charge is -2.15. The smallest absolute Gasteiger partial charge is 0.0556 e. The molecule has 1 unspecified atom stereocenters. The van der Waals surface area contributed by atoms with E-state index in [1.54, 1.807) is 11.3 Å². The van der Waals surface area contributed by atoms with Crippen molar-refractivity contribution in [1.82, 2.24) is 5.43 Å². The maximum Gasteiger partial charge on any atom is 0.0556 e. The van der Waals surface area contributed by atoms with E-state index in [1.807, 2.05) is 11.3 Å². The first-order valence-electron chi connectivity index (χ1n) is 5.83. The number of thiophene rings is 2. The van der Waals surface area contributed by atoms with Crippen LogP contribution < -0.4 is 11.3 Å². The summed E-state index contributed by atoms with van der Waals surface area (Å²) < 4.78 is 0. The molecule has 2 rings (SSSR count). The molecule has 0 aliphatic heterocycles. The average Bonchev–Trinajstić information content (AvgIpc) is 2.96. The van der Waals surface area contributed by atoms with E-state index >= 15 is 0 Å². The molecule has 92 valence electrons. The third-order valence-electron chi connectivity index (χ3n) is 2.92. The molecule has 2 aromatic rings. The number of nitrogens with two attached hydrogens (primary N) is 1. The van der Waals surface area contributed by atoms with Crippen LogP contribution in [-0.2, 0) is 6.42 Å². The van der Waals surface area contributed by atoms with Crippen molar-refractivity contribution in [1.29, 1.82) is 0 Å². The van der Waals surface area contributed by atoms with Crippen LogP contribution in [0.4, 0.5) is 0 Å². The molecular weight excluding hydrogens is 248 g/mol. The summed E-state index contributed by atoms with van der Waals surface area (Å²) in [5.74, 6) is 5.65. The Labute approximate surface area is 110 Å². The van der Waals surface area contributed by atoms with E-state index in [1.165, 1.54) is 21.7 Å². The third kappa shape index (κ3) is 3.39. The Morgan fingerprint density at radius 2 is 2.18 bits per heavy atom. The lowest BCUT2D eigenvalue weighted by Crippen LogP contribution is -2.27. The van der Waals surface area contributed by atoms with Gasteiger partial charge in [-0.2, -0.15) is 0 Å². The van der Waals surface area contributed by atoms with Crippen molar-refractivity contribution < 1.29 is 0 Å². The first kappa shape index (κ1) is 12.8. The second-order valence-corrected chi connectivity index (χ2v) is 6.14. The van der Waals surface area contributed by atoms with E-state index < -0.39 is 0 Å². The molecule has 2 nitrogen and oxygen atoms in total. The summed E-state index contributed by atoms with van der Waals surface area (Å²) in [6.45, 7) is 2.15. The zero-order valence-electron chi connectivity index (χ0n) is 9.98. The van der Waals surface area contributed by atoms with Crippen molar-refractivity contribution in [2.45, 2.75) is 32.2 Å². The van der Waals surface area contributed by atoms with Gasteiger partial charge in [-0.15, -0.1) is 22.7 Å². The maximum absolute atomic E-state index is 5.65. The van der Waals surface area contributed by atoms with Crippen molar-refractivity contribution in [2.24, 2.45) is 5.84 Å². The van der Waals surface area contributed by atoms with E-state index in [4.69, 9.17) is 5.84 Å². The summed E-state index contributed by atoms with van der Waals surface area (Å²) in [7, 11) is 0. The van der Waals surface area contributed by atoms with Gasteiger partial charge in [0.1, 0.15) is 0 Å². The standard InChI is InChI=1S/C13H18N2S2/c1-10-7-9-17-13(10)12(15-14)6-2-4-11-5-3-8-16-11/h3,5,7-9,12,15H,2,4,6,14H2,1H3. The summed E-state index contributed by atoms with van der Waals surface area (Å²) in [6, 6.07) is 6.77. The van der Waals surface area contributed by atoms with Gasteiger partial charge in [0.05, 0.1) is 6.04 Å². The van der Waals surface area contributed by atoms with Crippen LogP contribution in [0.5, 0.6) is 0 Å². The van der Waals surface area contributed by atoms with Gasteiger partial charge in [0, 0.05) is 9.75 Å². The molecular formula is C13H18N2S2. The number of aryl methyl sites for hydroxylation is 2. The second-order valence-electron chi connectivity index (χ2n) is 4.16. The molecule has 0 aromatic carbocycles. The normalized spacial score (nSPS) is 12.8. The van der Waals surface area contributed by atoms with Crippen molar-refractivity contribution in [3.05, 3.63) is 44.3 Å². The topological polar surface area (TPSA) is 38.0 Å². The molecule has 0 amide bonds. The highest BCUT2D eigenvalue weighted by Crippen LogP contribution is 2.27. The molecule has 0 saturated heterocycles. The van der Waals surface area contributed by atoms with Gasteiger partial charge in [0.25, 0.3) is 0 Å². The van der Waals surface area contributed by atoms with Crippen molar-refractivity contribution in [3.63, 3.8) is 0 Å². The number of hydrogen-bond donors (Lipinski definition) is 2. The minimum atomic E-state index is 0.301. The van der Waals surface area contributed by atoms with Gasteiger partial charge in [-0.3, -0.25) is 11.3 Å². The first-order valence-corrected chi connectivity index (χ1v) is 7.59. The van der Waals surface area contributed by atoms with Gasteiger partial charge in [-0.05, 0) is 54.6 Å². The number of hydrazine groups is 1. The van der Waals surface area contributed by atoms with Gasteiger partial charge in [0.2, 0.25) is 0 Å². The van der Waals surface area contributed by atoms with Crippen LogP contribution in [0.1, 0.15) is 34.2 Å². The van der Waals surface area contributed by atoms with E-state index in [9.17, 15) is 0 Å². The van der Waals surface area contributed by atoms with Gasteiger partial charge >= 0.3 is 0 Å².